The fourth-order valence-corrected chi connectivity index (χ4v) is 4.69. The van der Waals surface area contributed by atoms with Gasteiger partial charge in [-0.25, -0.2) is 0 Å². The summed E-state index contributed by atoms with van der Waals surface area (Å²) in [5, 5.41) is 3.08. The molecule has 0 aromatic carbocycles. The van der Waals surface area contributed by atoms with E-state index >= 15 is 0 Å². The van der Waals surface area contributed by atoms with Crippen molar-refractivity contribution in [2.75, 3.05) is 6.54 Å². The predicted molar refractivity (Wildman–Crippen MR) is 81.7 cm³/mol. The van der Waals surface area contributed by atoms with Crippen molar-refractivity contribution in [3.05, 3.63) is 0 Å². The number of nitrogens with one attached hydrogen (secondary N) is 1. The molecule has 2 unspecified atom stereocenters. The maximum atomic E-state index is 13.2. The van der Waals surface area contributed by atoms with Crippen LogP contribution in [0.5, 0.6) is 0 Å². The van der Waals surface area contributed by atoms with Crippen LogP contribution in [-0.4, -0.2) is 34.8 Å². The summed E-state index contributed by atoms with van der Waals surface area (Å²) in [4.78, 5) is 27.4. The number of hydrogen-bond donors (Lipinski definition) is 1. The van der Waals surface area contributed by atoms with Crippen LogP contribution in [0.2, 0.25) is 0 Å². The van der Waals surface area contributed by atoms with Gasteiger partial charge in [-0.1, -0.05) is 39.0 Å². The molecular formula is C17H28N2O2. The van der Waals surface area contributed by atoms with Crippen molar-refractivity contribution in [1.82, 2.24) is 10.2 Å². The third-order valence-corrected chi connectivity index (χ3v) is 5.88. The van der Waals surface area contributed by atoms with Gasteiger partial charge in [0.2, 0.25) is 11.8 Å². The van der Waals surface area contributed by atoms with Gasteiger partial charge in [0.1, 0.15) is 5.54 Å². The molecule has 3 fully saturated rings. The van der Waals surface area contributed by atoms with Gasteiger partial charge in [-0.05, 0) is 31.6 Å². The molecule has 2 atom stereocenters. The SMILES string of the molecule is CCC1CCCCC1N1CCC(=O)NC2(CCCC2)C1=O. The van der Waals surface area contributed by atoms with Crippen molar-refractivity contribution >= 4 is 11.8 Å². The van der Waals surface area contributed by atoms with Gasteiger partial charge in [-0.15, -0.1) is 0 Å². The van der Waals surface area contributed by atoms with Crippen LogP contribution in [0.15, 0.2) is 0 Å². The molecular weight excluding hydrogens is 264 g/mol. The second kappa shape index (κ2) is 5.98. The maximum absolute atomic E-state index is 13.2. The van der Waals surface area contributed by atoms with E-state index in [2.05, 4.69) is 17.1 Å². The Labute approximate surface area is 127 Å². The Kier molecular flexibility index (Phi) is 4.23. The fourth-order valence-electron chi connectivity index (χ4n) is 4.69. The highest BCUT2D eigenvalue weighted by atomic mass is 16.2. The summed E-state index contributed by atoms with van der Waals surface area (Å²) in [6.45, 7) is 2.85. The van der Waals surface area contributed by atoms with E-state index in [1.54, 1.807) is 0 Å². The number of carbonyl (C=O) groups excluding carboxylic acids is 2. The fraction of sp³-hybridized carbons (Fsp3) is 0.882. The van der Waals surface area contributed by atoms with E-state index in [-0.39, 0.29) is 11.8 Å². The Morgan fingerprint density at radius 2 is 1.86 bits per heavy atom. The Morgan fingerprint density at radius 1 is 1.14 bits per heavy atom. The third kappa shape index (κ3) is 2.69. The summed E-state index contributed by atoms with van der Waals surface area (Å²) >= 11 is 0. The molecule has 1 heterocycles. The zero-order chi connectivity index (χ0) is 14.9. The molecule has 1 N–H and O–H groups in total. The summed E-state index contributed by atoms with van der Waals surface area (Å²) in [6.07, 6.45) is 10.3. The summed E-state index contributed by atoms with van der Waals surface area (Å²) in [7, 11) is 0. The maximum Gasteiger partial charge on any atom is 0.248 e. The average molecular weight is 292 g/mol. The molecule has 0 bridgehead atoms. The van der Waals surface area contributed by atoms with E-state index in [9.17, 15) is 9.59 Å². The normalized spacial score (nSPS) is 33.1. The lowest BCUT2D eigenvalue weighted by Gasteiger charge is -2.42. The average Bonchev–Trinajstić information content (AvgIpc) is 2.92. The summed E-state index contributed by atoms with van der Waals surface area (Å²) in [5.74, 6) is 0.905. The molecule has 2 amide bonds. The number of carbonyl (C=O) groups is 2. The van der Waals surface area contributed by atoms with Crippen LogP contribution in [0.1, 0.15) is 71.1 Å². The molecule has 4 heteroatoms. The van der Waals surface area contributed by atoms with E-state index in [0.29, 0.717) is 24.9 Å². The Balaban J connectivity index is 1.86. The van der Waals surface area contributed by atoms with Gasteiger partial charge in [0, 0.05) is 19.0 Å². The highest BCUT2D eigenvalue weighted by molar-refractivity contribution is 5.94. The highest BCUT2D eigenvalue weighted by Gasteiger charge is 2.48. The number of nitrogens with zero attached hydrogens (tertiary/aromatic N) is 1. The molecule has 0 aromatic rings. The summed E-state index contributed by atoms with van der Waals surface area (Å²) < 4.78 is 0. The van der Waals surface area contributed by atoms with Crippen molar-refractivity contribution in [2.45, 2.75) is 82.7 Å². The smallest absolute Gasteiger partial charge is 0.248 e. The zero-order valence-electron chi connectivity index (χ0n) is 13.2. The first-order valence-electron chi connectivity index (χ1n) is 8.78. The molecule has 118 valence electrons. The minimum Gasteiger partial charge on any atom is -0.342 e. The van der Waals surface area contributed by atoms with Gasteiger partial charge < -0.3 is 10.2 Å². The molecule has 4 nitrogen and oxygen atoms in total. The topological polar surface area (TPSA) is 49.4 Å². The minimum atomic E-state index is -0.566. The van der Waals surface area contributed by atoms with Gasteiger partial charge >= 0.3 is 0 Å². The molecule has 1 aliphatic heterocycles. The first kappa shape index (κ1) is 14.9. The van der Waals surface area contributed by atoms with Crippen LogP contribution in [0.25, 0.3) is 0 Å². The number of amides is 2. The Morgan fingerprint density at radius 3 is 2.57 bits per heavy atom. The molecule has 1 spiro atoms. The van der Waals surface area contributed by atoms with Crippen LogP contribution < -0.4 is 5.32 Å². The van der Waals surface area contributed by atoms with Gasteiger partial charge in [0.05, 0.1) is 0 Å². The van der Waals surface area contributed by atoms with E-state index in [0.717, 1.165) is 38.5 Å². The van der Waals surface area contributed by atoms with Crippen molar-refractivity contribution in [3.63, 3.8) is 0 Å². The Bertz CT molecular complexity index is 415. The van der Waals surface area contributed by atoms with Gasteiger partial charge in [-0.2, -0.15) is 0 Å². The lowest BCUT2D eigenvalue weighted by molar-refractivity contribution is -0.142. The predicted octanol–water partition coefficient (Wildman–Crippen LogP) is 2.62. The van der Waals surface area contributed by atoms with E-state index < -0.39 is 5.54 Å². The molecule has 21 heavy (non-hydrogen) atoms. The molecule has 1 saturated heterocycles. The van der Waals surface area contributed by atoms with Gasteiger partial charge in [0.15, 0.2) is 0 Å². The third-order valence-electron chi connectivity index (χ3n) is 5.88. The van der Waals surface area contributed by atoms with Gasteiger partial charge in [0.25, 0.3) is 0 Å². The first-order chi connectivity index (χ1) is 10.2. The summed E-state index contributed by atoms with van der Waals surface area (Å²) in [5.41, 5.74) is -0.566. The monoisotopic (exact) mass is 292 g/mol. The Hall–Kier alpha value is -1.06. The van der Waals surface area contributed by atoms with E-state index in [4.69, 9.17) is 0 Å². The number of rotatable bonds is 2. The minimum absolute atomic E-state index is 0.0663. The second-order valence-corrected chi connectivity index (χ2v) is 7.11. The second-order valence-electron chi connectivity index (χ2n) is 7.11. The number of hydrogen-bond acceptors (Lipinski definition) is 2. The molecule has 3 rings (SSSR count). The molecule has 3 aliphatic rings. The van der Waals surface area contributed by atoms with Crippen LogP contribution in [0.4, 0.5) is 0 Å². The van der Waals surface area contributed by atoms with Crippen molar-refractivity contribution < 1.29 is 9.59 Å². The van der Waals surface area contributed by atoms with E-state index in [1.165, 1.54) is 19.3 Å². The lowest BCUT2D eigenvalue weighted by atomic mass is 9.81. The molecule has 2 saturated carbocycles. The molecule has 0 aromatic heterocycles. The zero-order valence-corrected chi connectivity index (χ0v) is 13.2. The molecule has 0 radical (unpaired) electrons. The first-order valence-corrected chi connectivity index (χ1v) is 8.78. The quantitative estimate of drug-likeness (QED) is 0.850. The van der Waals surface area contributed by atoms with Crippen LogP contribution in [0.3, 0.4) is 0 Å². The van der Waals surface area contributed by atoms with Crippen molar-refractivity contribution in [2.24, 2.45) is 5.92 Å². The largest absolute Gasteiger partial charge is 0.342 e. The standard InChI is InChI=1S/C17H28N2O2/c1-2-13-7-3-4-8-14(13)19-12-9-15(20)18-17(16(19)21)10-5-6-11-17/h13-14H,2-12H2,1H3,(H,18,20). The van der Waals surface area contributed by atoms with Crippen LogP contribution in [-0.2, 0) is 9.59 Å². The van der Waals surface area contributed by atoms with E-state index in [1.807, 2.05) is 0 Å². The van der Waals surface area contributed by atoms with Gasteiger partial charge in [-0.3, -0.25) is 9.59 Å². The van der Waals surface area contributed by atoms with Crippen molar-refractivity contribution in [1.29, 1.82) is 0 Å². The van der Waals surface area contributed by atoms with Crippen LogP contribution in [0, 0.1) is 5.92 Å². The highest BCUT2D eigenvalue weighted by Crippen LogP contribution is 2.37. The lowest BCUT2D eigenvalue weighted by Crippen LogP contribution is -2.58. The molecule has 2 aliphatic carbocycles. The van der Waals surface area contributed by atoms with Crippen LogP contribution >= 0.6 is 0 Å². The summed E-state index contributed by atoms with van der Waals surface area (Å²) in [6, 6.07) is 0.362. The van der Waals surface area contributed by atoms with Crippen molar-refractivity contribution in [3.8, 4) is 0 Å².